The van der Waals surface area contributed by atoms with Crippen LogP contribution in [0.4, 0.5) is 0 Å². The molecule has 0 bridgehead atoms. The van der Waals surface area contributed by atoms with Gasteiger partial charge < -0.3 is 9.13 Å². The number of hydrogen-bond acceptors (Lipinski definition) is 2. The van der Waals surface area contributed by atoms with E-state index in [1.165, 1.54) is 11.1 Å². The number of nitrogens with zero attached hydrogens (tertiary/aromatic N) is 4. The van der Waals surface area contributed by atoms with E-state index in [9.17, 15) is 0 Å². The largest absolute Gasteiger partial charge is 0.333 e. The van der Waals surface area contributed by atoms with Gasteiger partial charge >= 0.3 is 0 Å². The van der Waals surface area contributed by atoms with Crippen molar-refractivity contribution in [1.29, 1.82) is 0 Å². The Hall–Kier alpha value is -2.07. The molecule has 2 heterocycles. The number of aromatic nitrogens is 4. The van der Waals surface area contributed by atoms with Gasteiger partial charge in [-0.2, -0.15) is 0 Å². The van der Waals surface area contributed by atoms with E-state index in [2.05, 4.69) is 34.2 Å². The molecule has 3 aromatic rings. The van der Waals surface area contributed by atoms with E-state index in [4.69, 9.17) is 11.6 Å². The van der Waals surface area contributed by atoms with Crippen molar-refractivity contribution in [2.24, 2.45) is 0 Å². The van der Waals surface area contributed by atoms with E-state index in [-0.39, 0.29) is 0 Å². The van der Waals surface area contributed by atoms with Crippen molar-refractivity contribution in [2.75, 3.05) is 0 Å². The maximum atomic E-state index is 5.81. The molecule has 0 atom stereocenters. The number of rotatable bonds is 4. The van der Waals surface area contributed by atoms with Crippen LogP contribution in [0.2, 0.25) is 5.15 Å². The molecule has 19 heavy (non-hydrogen) atoms. The molecule has 0 N–H and O–H groups in total. The van der Waals surface area contributed by atoms with E-state index in [0.717, 1.165) is 13.1 Å². The zero-order valence-corrected chi connectivity index (χ0v) is 11.0. The van der Waals surface area contributed by atoms with E-state index < -0.39 is 0 Å². The molecule has 0 aliphatic carbocycles. The molecule has 0 saturated heterocycles. The Morgan fingerprint density at radius 2 is 1.84 bits per heavy atom. The lowest BCUT2D eigenvalue weighted by molar-refractivity contribution is 0.778. The van der Waals surface area contributed by atoms with Crippen molar-refractivity contribution in [3.8, 4) is 0 Å². The van der Waals surface area contributed by atoms with Gasteiger partial charge in [0.15, 0.2) is 0 Å². The first kappa shape index (κ1) is 12.0. The Labute approximate surface area is 116 Å². The topological polar surface area (TPSA) is 35.6 Å². The molecule has 4 nitrogen and oxygen atoms in total. The second-order valence-electron chi connectivity index (χ2n) is 4.42. The molecule has 96 valence electrons. The van der Waals surface area contributed by atoms with Gasteiger partial charge in [0, 0.05) is 31.7 Å². The van der Waals surface area contributed by atoms with E-state index in [1.54, 1.807) is 12.5 Å². The minimum absolute atomic E-state index is 0.523. The molecule has 1 aromatic carbocycles. The zero-order chi connectivity index (χ0) is 13.1. The highest BCUT2D eigenvalue weighted by atomic mass is 35.5. The molecule has 3 rings (SSSR count). The summed E-state index contributed by atoms with van der Waals surface area (Å²) < 4.78 is 4.02. The van der Waals surface area contributed by atoms with Gasteiger partial charge in [-0.15, -0.1) is 0 Å². The van der Waals surface area contributed by atoms with Crippen LogP contribution >= 0.6 is 11.6 Å². The standard InChI is InChI=1S/C14H13ClN4/c15-14-9-19(11-17-14)8-13-3-1-2-12(6-13)7-18-5-4-16-10-18/h1-6,9-11H,7-8H2. The number of halogens is 1. The van der Waals surface area contributed by atoms with E-state index in [0.29, 0.717) is 5.15 Å². The summed E-state index contributed by atoms with van der Waals surface area (Å²) in [5, 5.41) is 0.523. The average molecular weight is 273 g/mol. The molecule has 0 unspecified atom stereocenters. The number of hydrogen-bond donors (Lipinski definition) is 0. The van der Waals surface area contributed by atoms with Crippen LogP contribution in [0.3, 0.4) is 0 Å². The van der Waals surface area contributed by atoms with Gasteiger partial charge in [-0.05, 0) is 11.1 Å². The Kier molecular flexibility index (Phi) is 3.33. The average Bonchev–Trinajstić information content (AvgIpc) is 3.02. The minimum Gasteiger partial charge on any atom is -0.333 e. The highest BCUT2D eigenvalue weighted by Crippen LogP contribution is 2.10. The smallest absolute Gasteiger partial charge is 0.146 e. The van der Waals surface area contributed by atoms with Crippen LogP contribution < -0.4 is 0 Å². The monoisotopic (exact) mass is 272 g/mol. The number of benzene rings is 1. The van der Waals surface area contributed by atoms with Gasteiger partial charge in [-0.3, -0.25) is 0 Å². The summed E-state index contributed by atoms with van der Waals surface area (Å²) in [5.41, 5.74) is 2.48. The molecule has 0 saturated carbocycles. The lowest BCUT2D eigenvalue weighted by atomic mass is 10.1. The van der Waals surface area contributed by atoms with Gasteiger partial charge in [0.05, 0.1) is 12.7 Å². The number of imidazole rings is 2. The first-order chi connectivity index (χ1) is 9.29. The van der Waals surface area contributed by atoms with Gasteiger partial charge in [0.2, 0.25) is 0 Å². The second kappa shape index (κ2) is 5.28. The van der Waals surface area contributed by atoms with Crippen LogP contribution in [-0.4, -0.2) is 19.1 Å². The van der Waals surface area contributed by atoms with Crippen molar-refractivity contribution in [3.05, 3.63) is 71.8 Å². The van der Waals surface area contributed by atoms with Crippen LogP contribution in [0.15, 0.2) is 55.5 Å². The first-order valence-corrected chi connectivity index (χ1v) is 6.38. The van der Waals surface area contributed by atoms with Crippen molar-refractivity contribution >= 4 is 11.6 Å². The molecule has 0 fully saturated rings. The van der Waals surface area contributed by atoms with Crippen LogP contribution in [0.25, 0.3) is 0 Å². The third-order valence-electron chi connectivity index (χ3n) is 2.88. The summed E-state index contributed by atoms with van der Waals surface area (Å²) in [4.78, 5) is 8.06. The van der Waals surface area contributed by atoms with E-state index >= 15 is 0 Å². The third-order valence-corrected chi connectivity index (χ3v) is 3.08. The molecule has 5 heteroatoms. The normalized spacial score (nSPS) is 10.8. The van der Waals surface area contributed by atoms with Gasteiger partial charge in [-0.25, -0.2) is 9.97 Å². The highest BCUT2D eigenvalue weighted by molar-refractivity contribution is 6.29. The van der Waals surface area contributed by atoms with Crippen molar-refractivity contribution < 1.29 is 0 Å². The molecule has 0 radical (unpaired) electrons. The maximum absolute atomic E-state index is 5.81. The summed E-state index contributed by atoms with van der Waals surface area (Å²) in [6.45, 7) is 1.61. The molecule has 0 aliphatic rings. The molecular formula is C14H13ClN4. The fourth-order valence-electron chi connectivity index (χ4n) is 2.05. The Bertz CT molecular complexity index is 658. The van der Waals surface area contributed by atoms with Crippen molar-refractivity contribution in [2.45, 2.75) is 13.1 Å². The quantitative estimate of drug-likeness (QED) is 0.732. The SMILES string of the molecule is Clc1cn(Cc2cccc(Cn3ccnc3)c2)cn1. The summed E-state index contributed by atoms with van der Waals surface area (Å²) >= 11 is 5.81. The fraction of sp³-hybridized carbons (Fsp3) is 0.143. The van der Waals surface area contributed by atoms with Gasteiger partial charge in [-0.1, -0.05) is 35.9 Å². The predicted octanol–water partition coefficient (Wildman–Crippen LogP) is 2.83. The Morgan fingerprint density at radius 3 is 2.47 bits per heavy atom. The second-order valence-corrected chi connectivity index (χ2v) is 4.81. The molecule has 0 spiro atoms. The van der Waals surface area contributed by atoms with Crippen LogP contribution in [0.5, 0.6) is 0 Å². The van der Waals surface area contributed by atoms with Crippen molar-refractivity contribution in [3.63, 3.8) is 0 Å². The minimum atomic E-state index is 0.523. The Balaban J connectivity index is 1.76. The maximum Gasteiger partial charge on any atom is 0.146 e. The predicted molar refractivity (Wildman–Crippen MR) is 74.1 cm³/mol. The summed E-state index contributed by atoms with van der Waals surface area (Å²) in [5.74, 6) is 0. The fourth-order valence-corrected chi connectivity index (χ4v) is 2.22. The summed E-state index contributed by atoms with van der Waals surface area (Å²) in [7, 11) is 0. The third kappa shape index (κ3) is 3.03. The van der Waals surface area contributed by atoms with Gasteiger partial charge in [0.25, 0.3) is 0 Å². The lowest BCUT2D eigenvalue weighted by Gasteiger charge is -2.06. The van der Waals surface area contributed by atoms with Crippen LogP contribution in [0, 0.1) is 0 Å². The van der Waals surface area contributed by atoms with Crippen LogP contribution in [0.1, 0.15) is 11.1 Å². The van der Waals surface area contributed by atoms with Crippen LogP contribution in [-0.2, 0) is 13.1 Å². The van der Waals surface area contributed by atoms with Crippen molar-refractivity contribution in [1.82, 2.24) is 19.1 Å². The van der Waals surface area contributed by atoms with Gasteiger partial charge in [0.1, 0.15) is 5.15 Å². The molecule has 0 aliphatic heterocycles. The molecule has 0 amide bonds. The summed E-state index contributed by atoms with van der Waals surface area (Å²) in [6.07, 6.45) is 9.14. The Morgan fingerprint density at radius 1 is 1.05 bits per heavy atom. The summed E-state index contributed by atoms with van der Waals surface area (Å²) in [6, 6.07) is 8.48. The zero-order valence-electron chi connectivity index (χ0n) is 10.3. The highest BCUT2D eigenvalue weighted by Gasteiger charge is 2.00. The first-order valence-electron chi connectivity index (χ1n) is 6.00. The lowest BCUT2D eigenvalue weighted by Crippen LogP contribution is -2.00. The molecule has 2 aromatic heterocycles. The molecular weight excluding hydrogens is 260 g/mol. The van der Waals surface area contributed by atoms with E-state index in [1.807, 2.05) is 27.9 Å².